The van der Waals surface area contributed by atoms with E-state index in [9.17, 15) is 4.79 Å². The second-order valence-electron chi connectivity index (χ2n) is 10.7. The summed E-state index contributed by atoms with van der Waals surface area (Å²) >= 11 is 0. The van der Waals surface area contributed by atoms with Crippen molar-refractivity contribution in [3.63, 3.8) is 0 Å². The molecule has 1 spiro atoms. The summed E-state index contributed by atoms with van der Waals surface area (Å²) in [5.41, 5.74) is 3.96. The van der Waals surface area contributed by atoms with Crippen LogP contribution in [0.15, 0.2) is 36.5 Å². The minimum atomic E-state index is -0.0928. The summed E-state index contributed by atoms with van der Waals surface area (Å²) < 4.78 is 6.42. The van der Waals surface area contributed by atoms with Gasteiger partial charge in [0, 0.05) is 45.5 Å². The molecule has 182 valence electrons. The van der Waals surface area contributed by atoms with Gasteiger partial charge in [-0.3, -0.25) is 4.79 Å². The molecular formula is C28H38N4O2. The quantitative estimate of drug-likeness (QED) is 0.726. The van der Waals surface area contributed by atoms with E-state index in [1.54, 1.807) is 13.2 Å². The molecule has 1 amide bonds. The fourth-order valence-electron chi connectivity index (χ4n) is 6.00. The van der Waals surface area contributed by atoms with Crippen molar-refractivity contribution in [2.24, 2.45) is 5.41 Å². The largest absolute Gasteiger partial charge is 0.490 e. The predicted molar refractivity (Wildman–Crippen MR) is 136 cm³/mol. The maximum absolute atomic E-state index is 11.8. The van der Waals surface area contributed by atoms with Crippen LogP contribution >= 0.6 is 0 Å². The lowest BCUT2D eigenvalue weighted by Crippen LogP contribution is -2.41. The van der Waals surface area contributed by atoms with E-state index in [2.05, 4.69) is 52.1 Å². The summed E-state index contributed by atoms with van der Waals surface area (Å²) in [5.74, 6) is 1.93. The molecule has 0 atom stereocenters. The molecule has 6 heteroatoms. The number of ether oxygens (including phenoxy) is 1. The molecule has 6 nitrogen and oxygen atoms in total. The summed E-state index contributed by atoms with van der Waals surface area (Å²) in [4.78, 5) is 21.2. The monoisotopic (exact) mass is 462 g/mol. The van der Waals surface area contributed by atoms with E-state index in [1.165, 1.54) is 30.4 Å². The Morgan fingerprint density at radius 1 is 1.06 bits per heavy atom. The number of carbonyl (C=O) groups is 1. The summed E-state index contributed by atoms with van der Waals surface area (Å²) in [7, 11) is 1.64. The predicted octanol–water partition coefficient (Wildman–Crippen LogP) is 4.08. The number of pyridine rings is 1. The number of aromatic nitrogens is 1. The van der Waals surface area contributed by atoms with Crippen LogP contribution in [-0.4, -0.2) is 61.2 Å². The second-order valence-corrected chi connectivity index (χ2v) is 10.7. The smallest absolute Gasteiger partial charge is 0.252 e. The molecule has 0 bridgehead atoms. The maximum atomic E-state index is 11.8. The van der Waals surface area contributed by atoms with Gasteiger partial charge in [0.15, 0.2) is 0 Å². The van der Waals surface area contributed by atoms with E-state index >= 15 is 0 Å². The van der Waals surface area contributed by atoms with Crippen molar-refractivity contribution < 1.29 is 9.53 Å². The van der Waals surface area contributed by atoms with Crippen LogP contribution in [0.3, 0.4) is 0 Å². The van der Waals surface area contributed by atoms with Crippen LogP contribution in [0, 0.1) is 5.41 Å². The molecule has 3 aliphatic rings. The van der Waals surface area contributed by atoms with Crippen molar-refractivity contribution in [2.45, 2.75) is 64.5 Å². The highest BCUT2D eigenvalue weighted by molar-refractivity contribution is 5.93. The number of anilines is 1. The molecule has 0 saturated carbocycles. The number of hydrogen-bond donors (Lipinski definition) is 1. The van der Waals surface area contributed by atoms with Crippen molar-refractivity contribution in [3.8, 4) is 5.75 Å². The van der Waals surface area contributed by atoms with Crippen molar-refractivity contribution >= 4 is 11.7 Å². The molecular weight excluding hydrogens is 424 g/mol. The van der Waals surface area contributed by atoms with Crippen LogP contribution in [0.5, 0.6) is 5.75 Å². The van der Waals surface area contributed by atoms with Gasteiger partial charge in [0.2, 0.25) is 0 Å². The van der Waals surface area contributed by atoms with E-state index in [0.29, 0.717) is 23.1 Å². The van der Waals surface area contributed by atoms with Gasteiger partial charge in [-0.25, -0.2) is 4.98 Å². The number of carbonyl (C=O) groups excluding carboxylic acids is 1. The highest BCUT2D eigenvalue weighted by Crippen LogP contribution is 2.46. The zero-order valence-corrected chi connectivity index (χ0v) is 20.8. The van der Waals surface area contributed by atoms with Crippen LogP contribution < -0.4 is 15.0 Å². The number of nitrogens with zero attached hydrogens (tertiary/aromatic N) is 3. The molecule has 2 fully saturated rings. The van der Waals surface area contributed by atoms with Crippen molar-refractivity contribution in [3.05, 3.63) is 53.2 Å². The molecule has 1 aromatic carbocycles. The number of hydrogen-bond acceptors (Lipinski definition) is 5. The molecule has 0 unspecified atom stereocenters. The van der Waals surface area contributed by atoms with Crippen LogP contribution in [0.4, 0.5) is 5.82 Å². The molecule has 2 aromatic rings. The fourth-order valence-corrected chi connectivity index (χ4v) is 6.00. The average molecular weight is 463 g/mol. The van der Waals surface area contributed by atoms with E-state index in [0.717, 1.165) is 57.0 Å². The number of fused-ring (bicyclic) bond motifs is 1. The number of likely N-dealkylation sites (tertiary alicyclic amines) is 1. The molecule has 1 aromatic heterocycles. The van der Waals surface area contributed by atoms with Gasteiger partial charge in [-0.1, -0.05) is 6.07 Å². The molecule has 3 heterocycles. The number of benzene rings is 1. The molecule has 34 heavy (non-hydrogen) atoms. The molecule has 0 radical (unpaired) electrons. The van der Waals surface area contributed by atoms with E-state index in [-0.39, 0.29) is 5.91 Å². The van der Waals surface area contributed by atoms with Gasteiger partial charge in [-0.05, 0) is 93.2 Å². The third kappa shape index (κ3) is 4.78. The Hall–Kier alpha value is -2.60. The van der Waals surface area contributed by atoms with Crippen molar-refractivity contribution in [1.29, 1.82) is 0 Å². The molecule has 5 rings (SSSR count). The Kier molecular flexibility index (Phi) is 6.52. The van der Waals surface area contributed by atoms with Crippen LogP contribution in [-0.2, 0) is 12.8 Å². The second kappa shape index (κ2) is 9.57. The maximum Gasteiger partial charge on any atom is 0.252 e. The van der Waals surface area contributed by atoms with Crippen molar-refractivity contribution in [1.82, 2.24) is 15.2 Å². The third-order valence-corrected chi connectivity index (χ3v) is 8.20. The number of nitrogens with one attached hydrogen (secondary N) is 1. The first kappa shape index (κ1) is 23.2. The number of rotatable bonds is 5. The number of piperidine rings is 2. The first-order chi connectivity index (χ1) is 16.4. The lowest BCUT2D eigenvalue weighted by atomic mass is 9.76. The van der Waals surface area contributed by atoms with E-state index < -0.39 is 0 Å². The fraction of sp³-hybridized carbons (Fsp3) is 0.571. The van der Waals surface area contributed by atoms with Crippen LogP contribution in [0.25, 0.3) is 0 Å². The van der Waals surface area contributed by atoms with E-state index in [4.69, 9.17) is 4.74 Å². The number of amides is 1. The zero-order valence-electron chi connectivity index (χ0n) is 20.8. The molecule has 2 saturated heterocycles. The standard InChI is InChI=1S/C28H38N4O2/c1-20(2)31-12-8-24(9-13-31)34-25-6-4-21-17-28(18-23(21)16-25)10-14-32(15-11-28)26-7-5-22(19-30-26)27(33)29-3/h4-7,16,19-20,24H,8-15,17-18H2,1-3H3,(H,29,33). The highest BCUT2D eigenvalue weighted by atomic mass is 16.5. The lowest BCUT2D eigenvalue weighted by Gasteiger charge is -2.40. The Morgan fingerprint density at radius 2 is 1.79 bits per heavy atom. The SMILES string of the molecule is CNC(=O)c1ccc(N2CCC3(CC2)Cc2ccc(OC4CCN(C(C)C)CC4)cc2C3)nc1. The first-order valence-corrected chi connectivity index (χ1v) is 12.9. The normalized spacial score (nSPS) is 20.5. The molecule has 1 N–H and O–H groups in total. The first-order valence-electron chi connectivity index (χ1n) is 12.9. The summed E-state index contributed by atoms with van der Waals surface area (Å²) in [5, 5.41) is 2.65. The Labute approximate surface area is 203 Å². The van der Waals surface area contributed by atoms with Crippen LogP contribution in [0.2, 0.25) is 0 Å². The van der Waals surface area contributed by atoms with Gasteiger partial charge >= 0.3 is 0 Å². The van der Waals surface area contributed by atoms with E-state index in [1.807, 2.05) is 12.1 Å². The highest BCUT2D eigenvalue weighted by Gasteiger charge is 2.40. The van der Waals surface area contributed by atoms with Gasteiger partial charge in [0.25, 0.3) is 5.91 Å². The Balaban J connectivity index is 1.17. The molecule has 1 aliphatic carbocycles. The average Bonchev–Trinajstić information content (AvgIpc) is 3.21. The minimum absolute atomic E-state index is 0.0928. The van der Waals surface area contributed by atoms with Gasteiger partial charge in [0.1, 0.15) is 17.7 Å². The summed E-state index contributed by atoms with van der Waals surface area (Å²) in [6, 6.07) is 11.3. The summed E-state index contributed by atoms with van der Waals surface area (Å²) in [6.45, 7) is 8.85. The van der Waals surface area contributed by atoms with Gasteiger partial charge < -0.3 is 19.9 Å². The third-order valence-electron chi connectivity index (χ3n) is 8.20. The topological polar surface area (TPSA) is 57.7 Å². The Morgan fingerprint density at radius 3 is 2.44 bits per heavy atom. The summed E-state index contributed by atoms with van der Waals surface area (Å²) in [6.07, 6.45) is 8.93. The lowest BCUT2D eigenvalue weighted by molar-refractivity contribution is 0.0842. The van der Waals surface area contributed by atoms with Gasteiger partial charge in [0.05, 0.1) is 5.56 Å². The zero-order chi connectivity index (χ0) is 23.7. The Bertz CT molecular complexity index is 1000. The van der Waals surface area contributed by atoms with Gasteiger partial charge in [-0.15, -0.1) is 0 Å². The molecule has 2 aliphatic heterocycles. The van der Waals surface area contributed by atoms with Crippen LogP contribution in [0.1, 0.15) is 61.0 Å². The minimum Gasteiger partial charge on any atom is -0.490 e. The van der Waals surface area contributed by atoms with Gasteiger partial charge in [-0.2, -0.15) is 0 Å². The van der Waals surface area contributed by atoms with Crippen molar-refractivity contribution in [2.75, 3.05) is 38.1 Å².